The van der Waals surface area contributed by atoms with Crippen LogP contribution in [0.5, 0.6) is 0 Å². The molecular formula is C13H12O2S. The Labute approximate surface area is 95.5 Å². The minimum atomic E-state index is -3.35. The molecule has 0 N–H and O–H groups in total. The Kier molecular flexibility index (Phi) is 3.06. The highest BCUT2D eigenvalue weighted by molar-refractivity contribution is 7.95. The van der Waals surface area contributed by atoms with Crippen molar-refractivity contribution in [3.8, 4) is 0 Å². The maximum absolute atomic E-state index is 12.2. The third-order valence-corrected chi connectivity index (χ3v) is 4.14. The van der Waals surface area contributed by atoms with Crippen LogP contribution in [-0.2, 0) is 9.84 Å². The van der Waals surface area contributed by atoms with Gasteiger partial charge < -0.3 is 0 Å². The van der Waals surface area contributed by atoms with Gasteiger partial charge in [0.1, 0.15) is 0 Å². The Morgan fingerprint density at radius 3 is 2.50 bits per heavy atom. The highest BCUT2D eigenvalue weighted by atomic mass is 32.2. The van der Waals surface area contributed by atoms with Crippen molar-refractivity contribution in [3.63, 3.8) is 0 Å². The molecule has 2 rings (SSSR count). The van der Waals surface area contributed by atoms with E-state index < -0.39 is 9.84 Å². The summed E-state index contributed by atoms with van der Waals surface area (Å²) in [5.74, 6) is 0. The number of hydrogen-bond acceptors (Lipinski definition) is 2. The molecule has 0 radical (unpaired) electrons. The normalized spacial score (nSPS) is 15.6. The van der Waals surface area contributed by atoms with Crippen LogP contribution in [-0.4, -0.2) is 8.42 Å². The lowest BCUT2D eigenvalue weighted by molar-refractivity contribution is 0.603. The van der Waals surface area contributed by atoms with Gasteiger partial charge in [0.15, 0.2) is 0 Å². The van der Waals surface area contributed by atoms with Gasteiger partial charge in [-0.2, -0.15) is 0 Å². The van der Waals surface area contributed by atoms with E-state index in [1.54, 1.807) is 48.6 Å². The Morgan fingerprint density at radius 2 is 1.75 bits per heavy atom. The van der Waals surface area contributed by atoms with Crippen LogP contribution in [0.4, 0.5) is 0 Å². The number of hydrogen-bond donors (Lipinski definition) is 0. The summed E-state index contributed by atoms with van der Waals surface area (Å²) in [6.07, 6.45) is 9.52. The summed E-state index contributed by atoms with van der Waals surface area (Å²) in [5, 5.41) is 0. The second-order valence-corrected chi connectivity index (χ2v) is 5.40. The van der Waals surface area contributed by atoms with E-state index in [1.165, 1.54) is 0 Å². The van der Waals surface area contributed by atoms with Crippen molar-refractivity contribution >= 4 is 9.84 Å². The van der Waals surface area contributed by atoms with Gasteiger partial charge in [0.05, 0.1) is 9.80 Å². The van der Waals surface area contributed by atoms with E-state index in [1.807, 2.05) is 12.2 Å². The molecular weight excluding hydrogens is 220 g/mol. The quantitative estimate of drug-likeness (QED) is 0.785. The molecule has 1 aromatic carbocycles. The number of sulfone groups is 1. The SMILES string of the molecule is O=S(=O)(C1=CCC=CC=C1)c1ccccc1. The zero-order valence-corrected chi connectivity index (χ0v) is 9.52. The predicted octanol–water partition coefficient (Wildman–Crippen LogP) is 2.86. The molecule has 0 unspecified atom stereocenters. The average Bonchev–Trinajstić information content (AvgIpc) is 2.59. The summed E-state index contributed by atoms with van der Waals surface area (Å²) >= 11 is 0. The Balaban J connectivity index is 2.45. The zero-order valence-electron chi connectivity index (χ0n) is 8.71. The first-order valence-corrected chi connectivity index (χ1v) is 6.53. The first-order valence-electron chi connectivity index (χ1n) is 5.05. The fourth-order valence-electron chi connectivity index (χ4n) is 1.49. The average molecular weight is 232 g/mol. The first-order chi connectivity index (χ1) is 7.71. The number of benzene rings is 1. The van der Waals surface area contributed by atoms with Gasteiger partial charge in [0, 0.05) is 0 Å². The summed E-state index contributed by atoms with van der Waals surface area (Å²) in [6, 6.07) is 8.49. The minimum absolute atomic E-state index is 0.341. The standard InChI is InChI=1S/C13H12O2S/c14-16(15,13-10-6-3-7-11-13)12-8-4-1-2-5-9-12/h1-4,6-11H,5H2. The van der Waals surface area contributed by atoms with Crippen LogP contribution in [0.15, 0.2) is 70.5 Å². The first kappa shape index (κ1) is 10.9. The van der Waals surface area contributed by atoms with E-state index in [0.29, 0.717) is 16.2 Å². The van der Waals surface area contributed by atoms with Crippen molar-refractivity contribution in [1.29, 1.82) is 0 Å². The van der Waals surface area contributed by atoms with Crippen LogP contribution in [0.25, 0.3) is 0 Å². The van der Waals surface area contributed by atoms with E-state index in [0.717, 1.165) is 0 Å². The fraction of sp³-hybridized carbons (Fsp3) is 0.0769. The van der Waals surface area contributed by atoms with Gasteiger partial charge in [0.2, 0.25) is 9.84 Å². The molecule has 3 heteroatoms. The summed E-state index contributed by atoms with van der Waals surface area (Å²) in [4.78, 5) is 0.705. The molecule has 16 heavy (non-hydrogen) atoms. The van der Waals surface area contributed by atoms with Gasteiger partial charge in [-0.25, -0.2) is 8.42 Å². The summed E-state index contributed by atoms with van der Waals surface area (Å²) in [6.45, 7) is 0. The fourth-order valence-corrected chi connectivity index (χ4v) is 2.86. The second kappa shape index (κ2) is 4.49. The van der Waals surface area contributed by atoms with Crippen LogP contribution >= 0.6 is 0 Å². The van der Waals surface area contributed by atoms with E-state index in [9.17, 15) is 8.42 Å². The van der Waals surface area contributed by atoms with E-state index in [2.05, 4.69) is 0 Å². The van der Waals surface area contributed by atoms with Crippen molar-refractivity contribution in [2.45, 2.75) is 11.3 Å². The monoisotopic (exact) mass is 232 g/mol. The van der Waals surface area contributed by atoms with Crippen molar-refractivity contribution in [1.82, 2.24) is 0 Å². The topological polar surface area (TPSA) is 34.1 Å². The van der Waals surface area contributed by atoms with Crippen molar-refractivity contribution < 1.29 is 8.42 Å². The smallest absolute Gasteiger partial charge is 0.206 e. The zero-order chi connectivity index (χ0) is 11.4. The summed E-state index contributed by atoms with van der Waals surface area (Å²) in [5.41, 5.74) is 0. The molecule has 0 aromatic heterocycles. The molecule has 0 aliphatic heterocycles. The molecule has 0 bridgehead atoms. The van der Waals surface area contributed by atoms with Crippen LogP contribution in [0.2, 0.25) is 0 Å². The molecule has 0 spiro atoms. The molecule has 1 aromatic rings. The minimum Gasteiger partial charge on any atom is -0.219 e. The Hall–Kier alpha value is -1.61. The van der Waals surface area contributed by atoms with Crippen LogP contribution in [0.1, 0.15) is 6.42 Å². The van der Waals surface area contributed by atoms with E-state index in [-0.39, 0.29) is 0 Å². The molecule has 0 saturated heterocycles. The molecule has 0 saturated carbocycles. The third kappa shape index (κ3) is 2.14. The molecule has 0 amide bonds. The number of allylic oxidation sites excluding steroid dienone is 5. The molecule has 0 heterocycles. The van der Waals surface area contributed by atoms with Gasteiger partial charge >= 0.3 is 0 Å². The van der Waals surface area contributed by atoms with Gasteiger partial charge in [-0.3, -0.25) is 0 Å². The van der Waals surface area contributed by atoms with Gasteiger partial charge in [-0.1, -0.05) is 42.5 Å². The predicted molar refractivity (Wildman–Crippen MR) is 64.6 cm³/mol. The lowest BCUT2D eigenvalue weighted by atomic mass is 10.4. The van der Waals surface area contributed by atoms with Crippen LogP contribution in [0.3, 0.4) is 0 Å². The Bertz CT molecular complexity index is 549. The van der Waals surface area contributed by atoms with E-state index >= 15 is 0 Å². The largest absolute Gasteiger partial charge is 0.219 e. The summed E-state index contributed by atoms with van der Waals surface area (Å²) < 4.78 is 24.4. The molecule has 1 aliphatic rings. The maximum atomic E-state index is 12.2. The van der Waals surface area contributed by atoms with Crippen molar-refractivity contribution in [3.05, 3.63) is 65.6 Å². The van der Waals surface area contributed by atoms with Gasteiger partial charge in [-0.05, 0) is 24.6 Å². The molecule has 82 valence electrons. The lowest BCUT2D eigenvalue weighted by Gasteiger charge is -2.04. The van der Waals surface area contributed by atoms with Crippen molar-refractivity contribution in [2.24, 2.45) is 0 Å². The Morgan fingerprint density at radius 1 is 1.00 bits per heavy atom. The lowest BCUT2D eigenvalue weighted by Crippen LogP contribution is -2.02. The highest BCUT2D eigenvalue weighted by Gasteiger charge is 2.17. The van der Waals surface area contributed by atoms with Gasteiger partial charge in [-0.15, -0.1) is 0 Å². The van der Waals surface area contributed by atoms with Crippen LogP contribution in [0, 0.1) is 0 Å². The molecule has 0 fully saturated rings. The number of rotatable bonds is 2. The van der Waals surface area contributed by atoms with Gasteiger partial charge in [0.25, 0.3) is 0 Å². The molecule has 2 nitrogen and oxygen atoms in total. The maximum Gasteiger partial charge on any atom is 0.206 e. The second-order valence-electron chi connectivity index (χ2n) is 3.45. The third-order valence-electron chi connectivity index (χ3n) is 2.33. The highest BCUT2D eigenvalue weighted by Crippen LogP contribution is 2.21. The van der Waals surface area contributed by atoms with Crippen LogP contribution < -0.4 is 0 Å². The van der Waals surface area contributed by atoms with Crippen molar-refractivity contribution in [2.75, 3.05) is 0 Å². The summed E-state index contributed by atoms with van der Waals surface area (Å²) in [7, 11) is -3.35. The van der Waals surface area contributed by atoms with E-state index in [4.69, 9.17) is 0 Å². The molecule has 0 atom stereocenters. The molecule has 1 aliphatic carbocycles.